The van der Waals surface area contributed by atoms with Gasteiger partial charge >= 0.3 is 11.9 Å². The molecule has 0 amide bonds. The Balaban J connectivity index is 1.85. The molecule has 0 fully saturated rings. The largest absolute Gasteiger partial charge is 0.427 e. The van der Waals surface area contributed by atoms with Gasteiger partial charge < -0.3 is 9.47 Å². The number of benzene rings is 2. The number of ether oxygens (including phenoxy) is 2. The van der Waals surface area contributed by atoms with Crippen molar-refractivity contribution in [2.75, 3.05) is 0 Å². The molecule has 2 aromatic carbocycles. The van der Waals surface area contributed by atoms with Crippen LogP contribution in [0.5, 0.6) is 5.75 Å². The van der Waals surface area contributed by atoms with Crippen LogP contribution in [0.3, 0.4) is 0 Å². The van der Waals surface area contributed by atoms with Gasteiger partial charge in [0.1, 0.15) is 5.75 Å². The standard InChI is InChI=1S/C20H17NO4/c1-12-4-7-16(10-13(12)2)19-21-18(20(23)25-19)11-15-5-8-17(9-6-15)24-14(3)22/h4-11H,1-3H3. The van der Waals surface area contributed by atoms with Crippen molar-refractivity contribution in [1.82, 2.24) is 0 Å². The van der Waals surface area contributed by atoms with E-state index >= 15 is 0 Å². The average Bonchev–Trinajstić information content (AvgIpc) is 2.92. The van der Waals surface area contributed by atoms with Crippen LogP contribution in [0, 0.1) is 13.8 Å². The van der Waals surface area contributed by atoms with Crippen LogP contribution in [-0.4, -0.2) is 17.8 Å². The molecule has 5 nitrogen and oxygen atoms in total. The summed E-state index contributed by atoms with van der Waals surface area (Å²) in [5, 5.41) is 0. The zero-order valence-corrected chi connectivity index (χ0v) is 14.2. The Morgan fingerprint density at radius 1 is 1.08 bits per heavy atom. The van der Waals surface area contributed by atoms with Gasteiger partial charge in [0.15, 0.2) is 5.70 Å². The number of rotatable bonds is 3. The second-order valence-electron chi connectivity index (χ2n) is 5.80. The van der Waals surface area contributed by atoms with Gasteiger partial charge in [-0.25, -0.2) is 9.79 Å². The summed E-state index contributed by atoms with van der Waals surface area (Å²) in [5.74, 6) is -0.121. The van der Waals surface area contributed by atoms with E-state index in [1.807, 2.05) is 32.0 Å². The Labute approximate surface area is 145 Å². The molecule has 0 saturated carbocycles. The number of carbonyl (C=O) groups is 2. The zero-order valence-electron chi connectivity index (χ0n) is 14.2. The summed E-state index contributed by atoms with van der Waals surface area (Å²) < 4.78 is 10.3. The highest BCUT2D eigenvalue weighted by Gasteiger charge is 2.24. The van der Waals surface area contributed by atoms with Crippen molar-refractivity contribution in [2.24, 2.45) is 4.99 Å². The minimum atomic E-state index is -0.489. The number of carbonyl (C=O) groups excluding carboxylic acids is 2. The molecule has 0 atom stereocenters. The molecular formula is C20H17NO4. The predicted octanol–water partition coefficient (Wildman–Crippen LogP) is 3.57. The van der Waals surface area contributed by atoms with Crippen LogP contribution in [0.4, 0.5) is 0 Å². The van der Waals surface area contributed by atoms with Crippen LogP contribution in [0.25, 0.3) is 6.08 Å². The van der Waals surface area contributed by atoms with Crippen molar-refractivity contribution in [3.63, 3.8) is 0 Å². The number of aryl methyl sites for hydroxylation is 2. The Hall–Kier alpha value is -3.21. The van der Waals surface area contributed by atoms with Gasteiger partial charge in [-0.05, 0) is 60.9 Å². The molecular weight excluding hydrogens is 318 g/mol. The van der Waals surface area contributed by atoms with E-state index in [0.717, 1.165) is 22.3 Å². The maximum absolute atomic E-state index is 12.1. The first-order chi connectivity index (χ1) is 11.9. The first-order valence-electron chi connectivity index (χ1n) is 7.81. The molecule has 1 aliphatic rings. The van der Waals surface area contributed by atoms with Gasteiger partial charge in [-0.1, -0.05) is 18.2 Å². The molecule has 0 radical (unpaired) electrons. The highest BCUT2D eigenvalue weighted by atomic mass is 16.6. The maximum Gasteiger partial charge on any atom is 0.363 e. The van der Waals surface area contributed by atoms with Gasteiger partial charge in [0.25, 0.3) is 0 Å². The van der Waals surface area contributed by atoms with Crippen LogP contribution >= 0.6 is 0 Å². The van der Waals surface area contributed by atoms with Crippen LogP contribution < -0.4 is 4.74 Å². The molecule has 0 bridgehead atoms. The fraction of sp³-hybridized carbons (Fsp3) is 0.150. The quantitative estimate of drug-likeness (QED) is 0.489. The van der Waals surface area contributed by atoms with Gasteiger partial charge in [0.2, 0.25) is 5.90 Å². The molecule has 126 valence electrons. The van der Waals surface area contributed by atoms with Gasteiger partial charge in [-0.3, -0.25) is 4.79 Å². The molecule has 25 heavy (non-hydrogen) atoms. The first kappa shape index (κ1) is 16.6. The minimum absolute atomic E-state index is 0.230. The van der Waals surface area contributed by atoms with Crippen molar-refractivity contribution in [1.29, 1.82) is 0 Å². The van der Waals surface area contributed by atoms with Crippen molar-refractivity contribution >= 4 is 23.9 Å². The van der Waals surface area contributed by atoms with E-state index in [1.54, 1.807) is 30.3 Å². The van der Waals surface area contributed by atoms with Gasteiger partial charge in [0, 0.05) is 12.5 Å². The molecule has 2 aromatic rings. The highest BCUT2D eigenvalue weighted by Crippen LogP contribution is 2.21. The molecule has 0 spiro atoms. The lowest BCUT2D eigenvalue weighted by molar-refractivity contribution is -0.132. The monoisotopic (exact) mass is 335 g/mol. The lowest BCUT2D eigenvalue weighted by atomic mass is 10.1. The summed E-state index contributed by atoms with van der Waals surface area (Å²) in [4.78, 5) is 27.3. The third-order valence-corrected chi connectivity index (χ3v) is 3.82. The van der Waals surface area contributed by atoms with Crippen molar-refractivity contribution < 1.29 is 19.1 Å². The van der Waals surface area contributed by atoms with Crippen molar-refractivity contribution in [3.8, 4) is 5.75 Å². The molecule has 0 N–H and O–H groups in total. The molecule has 1 heterocycles. The smallest absolute Gasteiger partial charge is 0.363 e. The topological polar surface area (TPSA) is 65.0 Å². The summed E-state index contributed by atoms with van der Waals surface area (Å²) >= 11 is 0. The van der Waals surface area contributed by atoms with E-state index in [2.05, 4.69) is 4.99 Å². The van der Waals surface area contributed by atoms with Crippen LogP contribution in [0.15, 0.2) is 53.2 Å². The van der Waals surface area contributed by atoms with Gasteiger partial charge in [-0.15, -0.1) is 0 Å². The molecule has 5 heteroatoms. The molecule has 3 rings (SSSR count). The number of hydrogen-bond donors (Lipinski definition) is 0. The fourth-order valence-corrected chi connectivity index (χ4v) is 2.36. The zero-order chi connectivity index (χ0) is 18.0. The van der Waals surface area contributed by atoms with E-state index in [0.29, 0.717) is 11.6 Å². The van der Waals surface area contributed by atoms with E-state index in [-0.39, 0.29) is 11.7 Å². The number of hydrogen-bond acceptors (Lipinski definition) is 5. The van der Waals surface area contributed by atoms with Crippen LogP contribution in [-0.2, 0) is 14.3 Å². The normalized spacial score (nSPS) is 15.1. The Morgan fingerprint density at radius 3 is 2.44 bits per heavy atom. The summed E-state index contributed by atoms with van der Waals surface area (Å²) in [6, 6.07) is 12.6. The summed E-state index contributed by atoms with van der Waals surface area (Å²) in [5.41, 5.74) is 4.03. The number of aliphatic imine (C=N–C) groups is 1. The Bertz CT molecular complexity index is 908. The fourth-order valence-electron chi connectivity index (χ4n) is 2.36. The van der Waals surface area contributed by atoms with Crippen molar-refractivity contribution in [3.05, 3.63) is 70.4 Å². The third kappa shape index (κ3) is 3.83. The van der Waals surface area contributed by atoms with Crippen LogP contribution in [0.1, 0.15) is 29.2 Å². The van der Waals surface area contributed by atoms with Gasteiger partial charge in [0.05, 0.1) is 0 Å². The molecule has 0 unspecified atom stereocenters. The minimum Gasteiger partial charge on any atom is -0.427 e. The summed E-state index contributed by atoms with van der Waals surface area (Å²) in [7, 11) is 0. The molecule has 0 saturated heterocycles. The summed E-state index contributed by atoms with van der Waals surface area (Å²) in [6.45, 7) is 5.36. The number of nitrogens with zero attached hydrogens (tertiary/aromatic N) is 1. The van der Waals surface area contributed by atoms with Gasteiger partial charge in [-0.2, -0.15) is 0 Å². The highest BCUT2D eigenvalue weighted by molar-refractivity contribution is 6.12. The van der Waals surface area contributed by atoms with E-state index in [4.69, 9.17) is 9.47 Å². The number of esters is 2. The van der Waals surface area contributed by atoms with E-state index < -0.39 is 5.97 Å². The van der Waals surface area contributed by atoms with E-state index in [1.165, 1.54) is 6.92 Å². The second-order valence-corrected chi connectivity index (χ2v) is 5.80. The number of cyclic esters (lactones) is 1. The molecule has 0 aromatic heterocycles. The lowest BCUT2D eigenvalue weighted by Crippen LogP contribution is -2.05. The van der Waals surface area contributed by atoms with Crippen LogP contribution in [0.2, 0.25) is 0 Å². The predicted molar refractivity (Wildman–Crippen MR) is 94.3 cm³/mol. The first-order valence-corrected chi connectivity index (χ1v) is 7.81. The molecule has 0 aliphatic carbocycles. The van der Waals surface area contributed by atoms with E-state index in [9.17, 15) is 9.59 Å². The lowest BCUT2D eigenvalue weighted by Gasteiger charge is -2.03. The average molecular weight is 335 g/mol. The molecule has 1 aliphatic heterocycles. The SMILES string of the molecule is CC(=O)Oc1ccc(C=C2N=C(c3ccc(C)c(C)c3)OC2=O)cc1. The maximum atomic E-state index is 12.1. The second kappa shape index (κ2) is 6.73. The summed E-state index contributed by atoms with van der Waals surface area (Å²) in [6.07, 6.45) is 1.63. The van der Waals surface area contributed by atoms with Crippen molar-refractivity contribution in [2.45, 2.75) is 20.8 Å². The third-order valence-electron chi connectivity index (χ3n) is 3.82. The Morgan fingerprint density at radius 2 is 1.80 bits per heavy atom. The Kier molecular flexibility index (Phi) is 4.48.